The van der Waals surface area contributed by atoms with E-state index in [1.165, 1.54) is 4.88 Å². The van der Waals surface area contributed by atoms with E-state index in [2.05, 4.69) is 35.2 Å². The maximum Gasteiger partial charge on any atom is 0.0540 e. The van der Waals surface area contributed by atoms with E-state index in [1.807, 2.05) is 24.3 Å². The van der Waals surface area contributed by atoms with Gasteiger partial charge in [0.1, 0.15) is 0 Å². The third-order valence-electron chi connectivity index (χ3n) is 3.02. The van der Waals surface area contributed by atoms with E-state index in [-0.39, 0.29) is 6.61 Å². The second kappa shape index (κ2) is 8.21. The van der Waals surface area contributed by atoms with Gasteiger partial charge in [0.15, 0.2) is 0 Å². The van der Waals surface area contributed by atoms with Gasteiger partial charge in [-0.25, -0.2) is 0 Å². The van der Waals surface area contributed by atoms with Gasteiger partial charge in [-0.15, -0.1) is 11.3 Å². The predicted molar refractivity (Wildman–Crippen MR) is 89.5 cm³/mol. The molecule has 0 fully saturated rings. The van der Waals surface area contributed by atoms with Crippen molar-refractivity contribution in [3.05, 3.63) is 56.7 Å². The number of aliphatic hydroxyl groups is 1. The Labute approximate surface area is 135 Å². The van der Waals surface area contributed by atoms with Crippen molar-refractivity contribution in [3.8, 4) is 11.8 Å². The minimum atomic E-state index is 0.110. The van der Waals surface area contributed by atoms with Crippen LogP contribution in [0.15, 0.2) is 35.7 Å². The zero-order valence-corrected chi connectivity index (χ0v) is 13.5. The lowest BCUT2D eigenvalue weighted by molar-refractivity contribution is 0.305. The number of hydrogen-bond acceptors (Lipinski definition) is 3. The second-order valence-electron chi connectivity index (χ2n) is 4.80. The second-order valence-corrected chi connectivity index (χ2v) is 6.20. The predicted octanol–water partition coefficient (Wildman–Crippen LogP) is 3.77. The summed E-state index contributed by atoms with van der Waals surface area (Å²) in [5.41, 5.74) is 2.19. The number of benzene rings is 1. The smallest absolute Gasteiger partial charge is 0.0540 e. The first-order chi connectivity index (χ1) is 10.2. The van der Waals surface area contributed by atoms with Gasteiger partial charge in [0, 0.05) is 35.0 Å². The van der Waals surface area contributed by atoms with Gasteiger partial charge >= 0.3 is 0 Å². The lowest BCUT2D eigenvalue weighted by Gasteiger charge is -2.17. The molecule has 0 radical (unpaired) electrons. The zero-order valence-electron chi connectivity index (χ0n) is 12.0. The first kappa shape index (κ1) is 16.1. The molecule has 0 aliphatic heterocycles. The van der Waals surface area contributed by atoms with Crippen LogP contribution in [0, 0.1) is 11.8 Å². The van der Waals surface area contributed by atoms with Crippen molar-refractivity contribution < 1.29 is 5.11 Å². The molecule has 0 bridgehead atoms. The van der Waals surface area contributed by atoms with Crippen LogP contribution in [0.2, 0.25) is 5.02 Å². The van der Waals surface area contributed by atoms with E-state index in [1.54, 1.807) is 11.3 Å². The number of nitrogens with zero attached hydrogens (tertiary/aromatic N) is 1. The highest BCUT2D eigenvalue weighted by molar-refractivity contribution is 7.10. The normalized spacial score (nSPS) is 10.5. The summed E-state index contributed by atoms with van der Waals surface area (Å²) in [6.07, 6.45) is 0.519. The lowest BCUT2D eigenvalue weighted by atomic mass is 10.2. The SMILES string of the molecule is CN(Cc1ccccc1Cl)Cc1sccc1C#CCCO. The molecule has 0 aliphatic rings. The molecular weight excluding hydrogens is 302 g/mol. The van der Waals surface area contributed by atoms with Crippen molar-refractivity contribution in [1.29, 1.82) is 0 Å². The Morgan fingerprint density at radius 2 is 2.05 bits per heavy atom. The van der Waals surface area contributed by atoms with E-state index in [9.17, 15) is 0 Å². The molecule has 2 rings (SSSR count). The van der Waals surface area contributed by atoms with Crippen LogP contribution in [0.4, 0.5) is 0 Å². The minimum Gasteiger partial charge on any atom is -0.395 e. The molecule has 0 saturated heterocycles. The molecule has 1 aromatic carbocycles. The number of rotatable bonds is 5. The van der Waals surface area contributed by atoms with Crippen LogP contribution in [-0.2, 0) is 13.1 Å². The van der Waals surface area contributed by atoms with Gasteiger partial charge in [0.2, 0.25) is 0 Å². The Morgan fingerprint density at radius 3 is 2.81 bits per heavy atom. The van der Waals surface area contributed by atoms with Crippen LogP contribution < -0.4 is 0 Å². The Morgan fingerprint density at radius 1 is 1.24 bits per heavy atom. The molecule has 21 heavy (non-hydrogen) atoms. The third kappa shape index (κ3) is 4.87. The molecular formula is C17H18ClNOS. The van der Waals surface area contributed by atoms with E-state index in [4.69, 9.17) is 16.7 Å². The number of thiophene rings is 1. The van der Waals surface area contributed by atoms with Crippen molar-refractivity contribution in [3.63, 3.8) is 0 Å². The van der Waals surface area contributed by atoms with Crippen LogP contribution >= 0.6 is 22.9 Å². The van der Waals surface area contributed by atoms with Gasteiger partial charge < -0.3 is 5.11 Å². The quantitative estimate of drug-likeness (QED) is 0.848. The molecule has 0 saturated carbocycles. The van der Waals surface area contributed by atoms with Gasteiger partial charge in [-0.1, -0.05) is 41.6 Å². The lowest BCUT2D eigenvalue weighted by Crippen LogP contribution is -2.17. The first-order valence-electron chi connectivity index (χ1n) is 6.78. The van der Waals surface area contributed by atoms with Crippen molar-refractivity contribution in [2.75, 3.05) is 13.7 Å². The van der Waals surface area contributed by atoms with Crippen molar-refractivity contribution in [1.82, 2.24) is 4.90 Å². The average Bonchev–Trinajstić information content (AvgIpc) is 2.89. The number of aliphatic hydroxyl groups excluding tert-OH is 1. The third-order valence-corrected chi connectivity index (χ3v) is 4.29. The molecule has 110 valence electrons. The van der Waals surface area contributed by atoms with Crippen molar-refractivity contribution >= 4 is 22.9 Å². The van der Waals surface area contributed by atoms with Gasteiger partial charge in [-0.05, 0) is 30.1 Å². The maximum absolute atomic E-state index is 8.78. The van der Waals surface area contributed by atoms with Crippen LogP contribution in [0.3, 0.4) is 0 Å². The van der Waals surface area contributed by atoms with Crippen LogP contribution in [0.1, 0.15) is 22.4 Å². The van der Waals surface area contributed by atoms with E-state index in [0.29, 0.717) is 6.42 Å². The summed E-state index contributed by atoms with van der Waals surface area (Å²) in [6, 6.07) is 9.95. The van der Waals surface area contributed by atoms with E-state index < -0.39 is 0 Å². The fourth-order valence-corrected chi connectivity index (χ4v) is 3.11. The zero-order chi connectivity index (χ0) is 15.1. The molecule has 0 spiro atoms. The maximum atomic E-state index is 8.78. The topological polar surface area (TPSA) is 23.5 Å². The molecule has 2 nitrogen and oxygen atoms in total. The van der Waals surface area contributed by atoms with E-state index in [0.717, 1.165) is 29.2 Å². The Kier molecular flexibility index (Phi) is 6.28. The summed E-state index contributed by atoms with van der Waals surface area (Å²) >= 11 is 7.91. The van der Waals surface area contributed by atoms with Gasteiger partial charge in [-0.3, -0.25) is 4.90 Å². The molecule has 1 N–H and O–H groups in total. The minimum absolute atomic E-state index is 0.110. The fraction of sp³-hybridized carbons (Fsp3) is 0.294. The number of hydrogen-bond donors (Lipinski definition) is 1. The van der Waals surface area contributed by atoms with Crippen LogP contribution in [0.5, 0.6) is 0 Å². The largest absolute Gasteiger partial charge is 0.395 e. The van der Waals surface area contributed by atoms with E-state index >= 15 is 0 Å². The van der Waals surface area contributed by atoms with Crippen molar-refractivity contribution in [2.24, 2.45) is 0 Å². The molecule has 0 aliphatic carbocycles. The monoisotopic (exact) mass is 319 g/mol. The highest BCUT2D eigenvalue weighted by atomic mass is 35.5. The fourth-order valence-electron chi connectivity index (χ4n) is 2.01. The molecule has 2 aromatic rings. The Bertz CT molecular complexity index is 641. The molecule has 1 heterocycles. The molecule has 0 amide bonds. The standard InChI is InChI=1S/C17H18ClNOS/c1-19(12-15-7-2-3-8-16(15)18)13-17-14(9-11-21-17)6-4-5-10-20/h2-3,7-9,11,20H,5,10,12-13H2,1H3. The van der Waals surface area contributed by atoms with Gasteiger partial charge in [-0.2, -0.15) is 0 Å². The summed E-state index contributed by atoms with van der Waals surface area (Å²) in [4.78, 5) is 3.47. The summed E-state index contributed by atoms with van der Waals surface area (Å²) < 4.78 is 0. The highest BCUT2D eigenvalue weighted by Crippen LogP contribution is 2.21. The summed E-state index contributed by atoms with van der Waals surface area (Å²) in [7, 11) is 2.08. The summed E-state index contributed by atoms with van der Waals surface area (Å²) in [5.74, 6) is 6.10. The van der Waals surface area contributed by atoms with Crippen LogP contribution in [0.25, 0.3) is 0 Å². The molecule has 1 aromatic heterocycles. The van der Waals surface area contributed by atoms with Gasteiger partial charge in [0.25, 0.3) is 0 Å². The molecule has 4 heteroatoms. The molecule has 0 atom stereocenters. The van der Waals surface area contributed by atoms with Crippen molar-refractivity contribution in [2.45, 2.75) is 19.5 Å². The summed E-state index contributed by atoms with van der Waals surface area (Å²) in [6.45, 7) is 1.76. The Balaban J connectivity index is 2.01. The Hall–Kier alpha value is -1.31. The first-order valence-corrected chi connectivity index (χ1v) is 8.04. The number of halogens is 1. The van der Waals surface area contributed by atoms with Gasteiger partial charge in [0.05, 0.1) is 6.61 Å². The highest BCUT2D eigenvalue weighted by Gasteiger charge is 2.08. The molecule has 0 unspecified atom stereocenters. The average molecular weight is 320 g/mol. The van der Waals surface area contributed by atoms with Crippen LogP contribution in [-0.4, -0.2) is 23.7 Å². The summed E-state index contributed by atoms with van der Waals surface area (Å²) in [5, 5.41) is 11.6.